The lowest BCUT2D eigenvalue weighted by atomic mass is 10.1. The van der Waals surface area contributed by atoms with E-state index in [-0.39, 0.29) is 11.1 Å². The zero-order valence-corrected chi connectivity index (χ0v) is 18.2. The largest absolute Gasteiger partial charge is 0.418 e. The summed E-state index contributed by atoms with van der Waals surface area (Å²) >= 11 is 1.15. The van der Waals surface area contributed by atoms with Crippen molar-refractivity contribution in [1.29, 1.82) is 0 Å². The molecule has 2 aromatic carbocycles. The van der Waals surface area contributed by atoms with Gasteiger partial charge >= 0.3 is 6.18 Å². The lowest BCUT2D eigenvalue weighted by Gasteiger charge is -2.17. The third kappa shape index (κ3) is 4.27. The molecule has 174 valence electrons. The van der Waals surface area contributed by atoms with E-state index in [9.17, 15) is 32.9 Å². The fraction of sp³-hybridized carbons (Fsp3) is 0.136. The van der Waals surface area contributed by atoms with Gasteiger partial charge in [-0.2, -0.15) is 13.2 Å². The number of nitro benzene ring substituents is 1. The Morgan fingerprint density at radius 2 is 1.94 bits per heavy atom. The van der Waals surface area contributed by atoms with Crippen molar-refractivity contribution in [1.82, 2.24) is 9.55 Å². The van der Waals surface area contributed by atoms with E-state index in [1.165, 1.54) is 37.3 Å². The Kier molecular flexibility index (Phi) is 5.92. The molecule has 34 heavy (non-hydrogen) atoms. The first-order chi connectivity index (χ1) is 16.1. The number of non-ortho nitro benzene ring substituents is 1. The van der Waals surface area contributed by atoms with Gasteiger partial charge in [0.15, 0.2) is 0 Å². The first-order valence-corrected chi connectivity index (χ1v) is 10.7. The summed E-state index contributed by atoms with van der Waals surface area (Å²) in [6.07, 6.45) is -3.52. The molecule has 0 spiro atoms. The lowest BCUT2D eigenvalue weighted by molar-refractivity contribution is -0.384. The van der Waals surface area contributed by atoms with Crippen LogP contribution in [0.25, 0.3) is 21.3 Å². The van der Waals surface area contributed by atoms with Gasteiger partial charge in [-0.3, -0.25) is 24.3 Å². The summed E-state index contributed by atoms with van der Waals surface area (Å²) in [4.78, 5) is 41.1. The minimum atomic E-state index is -4.67. The number of hydrogen-bond acceptors (Lipinski definition) is 6. The molecule has 0 saturated heterocycles. The lowest BCUT2D eigenvalue weighted by Crippen LogP contribution is -2.32. The second-order valence-corrected chi connectivity index (χ2v) is 8.16. The second kappa shape index (κ2) is 8.71. The normalized spacial score (nSPS) is 12.5. The van der Waals surface area contributed by atoms with E-state index in [1.807, 2.05) is 0 Å². The highest BCUT2D eigenvalue weighted by molar-refractivity contribution is 7.17. The smallest absolute Gasteiger partial charge is 0.324 e. The predicted molar refractivity (Wildman–Crippen MR) is 121 cm³/mol. The molecule has 4 rings (SSSR count). The molecule has 2 heterocycles. The van der Waals surface area contributed by atoms with Gasteiger partial charge in [0.25, 0.3) is 11.2 Å². The molecule has 1 atom stereocenters. The van der Waals surface area contributed by atoms with Gasteiger partial charge in [-0.15, -0.1) is 11.3 Å². The number of fused-ring (bicyclic) bond motifs is 1. The number of amides is 1. The fourth-order valence-electron chi connectivity index (χ4n) is 3.42. The highest BCUT2D eigenvalue weighted by Crippen LogP contribution is 2.35. The van der Waals surface area contributed by atoms with Crippen LogP contribution in [0.15, 0.2) is 65.0 Å². The van der Waals surface area contributed by atoms with Gasteiger partial charge in [0.2, 0.25) is 5.91 Å². The molecular formula is C22H15F3N4O4S. The van der Waals surface area contributed by atoms with Crippen LogP contribution in [-0.2, 0) is 11.0 Å². The molecule has 1 unspecified atom stereocenters. The summed E-state index contributed by atoms with van der Waals surface area (Å²) in [7, 11) is 0. The Bertz CT molecular complexity index is 1480. The molecule has 0 aliphatic heterocycles. The third-order valence-electron chi connectivity index (χ3n) is 5.17. The topological polar surface area (TPSA) is 107 Å². The van der Waals surface area contributed by atoms with E-state index in [2.05, 4.69) is 10.3 Å². The molecule has 0 aliphatic carbocycles. The van der Waals surface area contributed by atoms with Gasteiger partial charge in [-0.05, 0) is 24.6 Å². The highest BCUT2D eigenvalue weighted by Gasteiger charge is 2.34. The van der Waals surface area contributed by atoms with E-state index in [1.54, 1.807) is 11.4 Å². The van der Waals surface area contributed by atoms with Crippen LogP contribution < -0.4 is 10.9 Å². The number of anilines is 1. The van der Waals surface area contributed by atoms with Gasteiger partial charge < -0.3 is 5.32 Å². The number of nitrogens with zero attached hydrogens (tertiary/aromatic N) is 3. The number of nitrogens with one attached hydrogen (secondary N) is 1. The zero-order valence-electron chi connectivity index (χ0n) is 17.4. The van der Waals surface area contributed by atoms with Crippen LogP contribution in [0.3, 0.4) is 0 Å². The van der Waals surface area contributed by atoms with Crippen LogP contribution >= 0.6 is 11.3 Å². The Morgan fingerprint density at radius 1 is 1.21 bits per heavy atom. The average Bonchev–Trinajstić information content (AvgIpc) is 3.24. The molecule has 1 amide bonds. The fourth-order valence-corrected chi connectivity index (χ4v) is 4.33. The van der Waals surface area contributed by atoms with Crippen LogP contribution in [-0.4, -0.2) is 20.4 Å². The number of thiophene rings is 1. The van der Waals surface area contributed by atoms with Gasteiger partial charge in [0, 0.05) is 23.1 Å². The van der Waals surface area contributed by atoms with Crippen molar-refractivity contribution in [3.8, 4) is 11.1 Å². The number of para-hydroxylation sites is 1. The number of halogens is 3. The number of benzene rings is 2. The van der Waals surface area contributed by atoms with E-state index >= 15 is 0 Å². The molecule has 0 radical (unpaired) electrons. The van der Waals surface area contributed by atoms with Crippen molar-refractivity contribution in [3.05, 3.63) is 86.3 Å². The summed E-state index contributed by atoms with van der Waals surface area (Å²) in [6, 6.07) is 9.07. The maximum absolute atomic E-state index is 13.3. The maximum Gasteiger partial charge on any atom is 0.418 e. The van der Waals surface area contributed by atoms with Crippen molar-refractivity contribution in [2.45, 2.75) is 19.1 Å². The Labute approximate surface area is 193 Å². The number of carbonyl (C=O) groups is 1. The van der Waals surface area contributed by atoms with Gasteiger partial charge in [0.1, 0.15) is 10.9 Å². The molecule has 0 saturated carbocycles. The number of nitro groups is 1. The monoisotopic (exact) mass is 488 g/mol. The number of carbonyl (C=O) groups excluding carboxylic acids is 1. The quantitative estimate of drug-likeness (QED) is 0.305. The molecular weight excluding hydrogens is 473 g/mol. The van der Waals surface area contributed by atoms with Gasteiger partial charge in [0.05, 0.1) is 27.9 Å². The Balaban J connectivity index is 1.72. The predicted octanol–water partition coefficient (Wildman–Crippen LogP) is 5.25. The minimum Gasteiger partial charge on any atom is -0.324 e. The third-order valence-corrected chi connectivity index (χ3v) is 6.06. The van der Waals surface area contributed by atoms with Crippen LogP contribution in [0.5, 0.6) is 0 Å². The first kappa shape index (κ1) is 23.1. The molecule has 0 bridgehead atoms. The summed E-state index contributed by atoms with van der Waals surface area (Å²) in [5.74, 6) is -0.841. The zero-order chi connectivity index (χ0) is 24.6. The maximum atomic E-state index is 13.3. The summed E-state index contributed by atoms with van der Waals surface area (Å²) in [6.45, 7) is 1.36. The Hall–Kier alpha value is -4.06. The number of rotatable bonds is 5. The summed E-state index contributed by atoms with van der Waals surface area (Å²) in [5, 5.41) is 15.1. The molecule has 8 nitrogen and oxygen atoms in total. The number of alkyl halides is 3. The highest BCUT2D eigenvalue weighted by atomic mass is 32.1. The van der Waals surface area contributed by atoms with Crippen LogP contribution in [0.4, 0.5) is 24.5 Å². The van der Waals surface area contributed by atoms with E-state index < -0.39 is 39.9 Å². The SMILES string of the molecule is CC(C(=O)Nc1ccccc1C(F)(F)F)n1cnc2scc(-c3cccc([N+](=O)[O-])c3)c2c1=O. The van der Waals surface area contributed by atoms with Crippen LogP contribution in [0, 0.1) is 10.1 Å². The molecule has 2 aromatic heterocycles. The average molecular weight is 488 g/mol. The minimum absolute atomic E-state index is 0.155. The second-order valence-electron chi connectivity index (χ2n) is 7.30. The molecule has 1 N–H and O–H groups in total. The number of hydrogen-bond donors (Lipinski definition) is 1. The van der Waals surface area contributed by atoms with Crippen LogP contribution in [0.1, 0.15) is 18.5 Å². The van der Waals surface area contributed by atoms with Gasteiger partial charge in [-0.25, -0.2) is 4.98 Å². The first-order valence-electron chi connectivity index (χ1n) is 9.78. The van der Waals surface area contributed by atoms with Gasteiger partial charge in [-0.1, -0.05) is 24.3 Å². The van der Waals surface area contributed by atoms with Crippen molar-refractivity contribution in [2.24, 2.45) is 0 Å². The molecule has 4 aromatic rings. The van der Waals surface area contributed by atoms with Crippen molar-refractivity contribution in [2.75, 3.05) is 5.32 Å². The van der Waals surface area contributed by atoms with E-state index in [4.69, 9.17) is 0 Å². The summed E-state index contributed by atoms with van der Waals surface area (Å²) in [5.41, 5.74) is -1.36. The van der Waals surface area contributed by atoms with E-state index in [0.29, 0.717) is 16.0 Å². The standard InChI is InChI=1S/C22H15F3N4O4S/c1-12(19(30)27-17-8-3-2-7-16(17)22(23,24)25)28-11-26-20-18(21(28)31)15(10-34-20)13-5-4-6-14(9-13)29(32)33/h2-12H,1H3,(H,27,30). The van der Waals surface area contributed by atoms with E-state index in [0.717, 1.165) is 34.4 Å². The van der Waals surface area contributed by atoms with Crippen LogP contribution in [0.2, 0.25) is 0 Å². The molecule has 12 heteroatoms. The van der Waals surface area contributed by atoms with Crippen molar-refractivity contribution >= 4 is 38.8 Å². The summed E-state index contributed by atoms with van der Waals surface area (Å²) < 4.78 is 40.8. The molecule has 0 aliphatic rings. The Morgan fingerprint density at radius 3 is 2.65 bits per heavy atom. The molecule has 0 fully saturated rings. The number of aromatic nitrogens is 2. The van der Waals surface area contributed by atoms with Crippen molar-refractivity contribution in [3.63, 3.8) is 0 Å². The van der Waals surface area contributed by atoms with Crippen molar-refractivity contribution < 1.29 is 22.9 Å².